The van der Waals surface area contributed by atoms with Crippen molar-refractivity contribution in [1.29, 1.82) is 0 Å². The number of alkyl halides is 1. The first-order valence-electron chi connectivity index (χ1n) is 6.93. The Kier molecular flexibility index (Phi) is 5.44. The molecule has 114 valence electrons. The minimum Gasteiger partial charge on any atom is -0.497 e. The van der Waals surface area contributed by atoms with Crippen molar-refractivity contribution in [3.63, 3.8) is 0 Å². The molecule has 1 saturated heterocycles. The minimum atomic E-state index is -0.296. The average Bonchev–Trinajstić information content (AvgIpc) is 2.89. The fourth-order valence-corrected chi connectivity index (χ4v) is 2.45. The van der Waals surface area contributed by atoms with Crippen molar-refractivity contribution in [1.82, 2.24) is 5.32 Å². The summed E-state index contributed by atoms with van der Waals surface area (Å²) in [6.45, 7) is 0.966. The molecule has 1 aromatic rings. The van der Waals surface area contributed by atoms with E-state index in [1.165, 1.54) is 0 Å². The summed E-state index contributed by atoms with van der Waals surface area (Å²) in [6.07, 6.45) is 0.981. The number of ether oxygens (including phenoxy) is 1. The predicted molar refractivity (Wildman–Crippen MR) is 81.8 cm³/mol. The molecule has 1 aromatic carbocycles. The standard InChI is InChI=1S/C15H19ClN2O3/c1-21-13-5-3-12(4-6-13)18-10-11(9-14(18)19)15(20)17-8-2-7-16/h3-6,11H,2,7-10H2,1H3,(H,17,20)/t11-/m1/s1. The molecule has 1 aliphatic rings. The van der Waals surface area contributed by atoms with Crippen LogP contribution in [0.4, 0.5) is 5.69 Å². The van der Waals surface area contributed by atoms with E-state index in [9.17, 15) is 9.59 Å². The van der Waals surface area contributed by atoms with Crippen LogP contribution in [-0.4, -0.2) is 37.9 Å². The Labute approximate surface area is 129 Å². The monoisotopic (exact) mass is 310 g/mol. The topological polar surface area (TPSA) is 58.6 Å². The van der Waals surface area contributed by atoms with Crippen molar-refractivity contribution < 1.29 is 14.3 Å². The first-order chi connectivity index (χ1) is 10.2. The minimum absolute atomic E-state index is 0.0299. The molecule has 0 aliphatic carbocycles. The molecule has 21 heavy (non-hydrogen) atoms. The van der Waals surface area contributed by atoms with E-state index in [1.54, 1.807) is 24.1 Å². The number of nitrogens with one attached hydrogen (secondary N) is 1. The molecule has 1 fully saturated rings. The predicted octanol–water partition coefficient (Wildman–Crippen LogP) is 1.79. The Morgan fingerprint density at radius 1 is 1.43 bits per heavy atom. The van der Waals surface area contributed by atoms with Crippen LogP contribution in [0, 0.1) is 5.92 Å². The lowest BCUT2D eigenvalue weighted by Gasteiger charge is -2.17. The number of rotatable bonds is 6. The van der Waals surface area contributed by atoms with Gasteiger partial charge in [-0.25, -0.2) is 0 Å². The van der Waals surface area contributed by atoms with E-state index in [0.717, 1.165) is 17.9 Å². The molecule has 0 saturated carbocycles. The third-order valence-electron chi connectivity index (χ3n) is 3.49. The molecule has 0 radical (unpaired) electrons. The second kappa shape index (κ2) is 7.31. The van der Waals surface area contributed by atoms with Crippen molar-refractivity contribution in [3.05, 3.63) is 24.3 Å². The van der Waals surface area contributed by atoms with Gasteiger partial charge in [-0.2, -0.15) is 0 Å². The molecule has 5 nitrogen and oxygen atoms in total. The molecular formula is C15H19ClN2O3. The summed E-state index contributed by atoms with van der Waals surface area (Å²) >= 11 is 5.57. The summed E-state index contributed by atoms with van der Waals surface area (Å²) in [5, 5.41) is 2.81. The van der Waals surface area contributed by atoms with Crippen molar-refractivity contribution >= 4 is 29.1 Å². The van der Waals surface area contributed by atoms with Gasteiger partial charge in [-0.3, -0.25) is 9.59 Å². The van der Waals surface area contributed by atoms with Gasteiger partial charge in [0.05, 0.1) is 13.0 Å². The number of nitrogens with zero attached hydrogens (tertiary/aromatic N) is 1. The molecule has 0 bridgehead atoms. The Balaban J connectivity index is 1.96. The van der Waals surface area contributed by atoms with Gasteiger partial charge in [-0.05, 0) is 30.7 Å². The van der Waals surface area contributed by atoms with Crippen molar-refractivity contribution in [2.75, 3.05) is 31.0 Å². The number of hydrogen-bond donors (Lipinski definition) is 1. The number of hydrogen-bond acceptors (Lipinski definition) is 3. The lowest BCUT2D eigenvalue weighted by molar-refractivity contribution is -0.126. The largest absolute Gasteiger partial charge is 0.497 e. The van der Waals surface area contributed by atoms with Crippen LogP contribution < -0.4 is 15.0 Å². The maximum atomic E-state index is 12.1. The first kappa shape index (κ1) is 15.6. The summed E-state index contributed by atoms with van der Waals surface area (Å²) < 4.78 is 5.09. The Hall–Kier alpha value is -1.75. The van der Waals surface area contributed by atoms with Gasteiger partial charge in [0.15, 0.2) is 0 Å². The van der Waals surface area contributed by atoms with E-state index in [-0.39, 0.29) is 24.2 Å². The van der Waals surface area contributed by atoms with E-state index >= 15 is 0 Å². The molecule has 0 aromatic heterocycles. The van der Waals surface area contributed by atoms with Crippen LogP contribution in [0.5, 0.6) is 5.75 Å². The van der Waals surface area contributed by atoms with Crippen molar-refractivity contribution in [3.8, 4) is 5.75 Å². The quantitative estimate of drug-likeness (QED) is 0.644. The summed E-state index contributed by atoms with van der Waals surface area (Å²) in [5.41, 5.74) is 0.789. The zero-order valence-corrected chi connectivity index (χ0v) is 12.7. The zero-order chi connectivity index (χ0) is 15.2. The number of anilines is 1. The third-order valence-corrected chi connectivity index (χ3v) is 3.76. The molecule has 1 aliphatic heterocycles. The summed E-state index contributed by atoms with van der Waals surface area (Å²) in [7, 11) is 1.59. The summed E-state index contributed by atoms with van der Waals surface area (Å²) in [6, 6.07) is 7.25. The van der Waals surface area contributed by atoms with Gasteiger partial charge in [0.1, 0.15) is 5.75 Å². The molecule has 1 N–H and O–H groups in total. The van der Waals surface area contributed by atoms with Gasteiger partial charge in [0.25, 0.3) is 0 Å². The molecule has 1 heterocycles. The molecule has 1 atom stereocenters. The second-order valence-electron chi connectivity index (χ2n) is 4.94. The molecular weight excluding hydrogens is 292 g/mol. The van der Waals surface area contributed by atoms with Gasteiger partial charge < -0.3 is 15.0 Å². The number of methoxy groups -OCH3 is 1. The van der Waals surface area contributed by atoms with Crippen LogP contribution in [0.25, 0.3) is 0 Å². The molecule has 2 rings (SSSR count). The SMILES string of the molecule is COc1ccc(N2C[C@H](C(=O)NCCCCl)CC2=O)cc1. The third kappa shape index (κ3) is 3.88. The van der Waals surface area contributed by atoms with Gasteiger partial charge >= 0.3 is 0 Å². The van der Waals surface area contributed by atoms with E-state index in [4.69, 9.17) is 16.3 Å². The van der Waals surface area contributed by atoms with Gasteiger partial charge in [-0.15, -0.1) is 11.6 Å². The van der Waals surface area contributed by atoms with Crippen molar-refractivity contribution in [2.45, 2.75) is 12.8 Å². The van der Waals surface area contributed by atoms with E-state index < -0.39 is 0 Å². The summed E-state index contributed by atoms with van der Waals surface area (Å²) in [4.78, 5) is 25.7. The van der Waals surface area contributed by atoms with Gasteiger partial charge in [0, 0.05) is 31.1 Å². The summed E-state index contributed by atoms with van der Waals surface area (Å²) in [5.74, 6) is 0.847. The average molecular weight is 311 g/mol. The smallest absolute Gasteiger partial charge is 0.227 e. The molecule has 0 spiro atoms. The number of halogens is 1. The van der Waals surface area contributed by atoms with E-state index in [2.05, 4.69) is 5.32 Å². The number of carbonyl (C=O) groups excluding carboxylic acids is 2. The Bertz CT molecular complexity index is 504. The maximum absolute atomic E-state index is 12.1. The second-order valence-corrected chi connectivity index (χ2v) is 5.31. The fraction of sp³-hybridized carbons (Fsp3) is 0.467. The lowest BCUT2D eigenvalue weighted by atomic mass is 10.1. The van der Waals surface area contributed by atoms with Gasteiger partial charge in [-0.1, -0.05) is 0 Å². The van der Waals surface area contributed by atoms with E-state index in [0.29, 0.717) is 19.0 Å². The Morgan fingerprint density at radius 3 is 2.76 bits per heavy atom. The number of amides is 2. The lowest BCUT2D eigenvalue weighted by Crippen LogP contribution is -2.33. The van der Waals surface area contributed by atoms with Crippen LogP contribution >= 0.6 is 11.6 Å². The normalized spacial score (nSPS) is 17.9. The van der Waals surface area contributed by atoms with Crippen LogP contribution in [0.2, 0.25) is 0 Å². The molecule has 6 heteroatoms. The Morgan fingerprint density at radius 2 is 2.14 bits per heavy atom. The molecule has 2 amide bonds. The van der Waals surface area contributed by atoms with Gasteiger partial charge in [0.2, 0.25) is 11.8 Å². The highest BCUT2D eigenvalue weighted by molar-refractivity contribution is 6.17. The van der Waals surface area contributed by atoms with Crippen LogP contribution in [0.1, 0.15) is 12.8 Å². The highest BCUT2D eigenvalue weighted by Crippen LogP contribution is 2.26. The maximum Gasteiger partial charge on any atom is 0.227 e. The fourth-order valence-electron chi connectivity index (χ4n) is 2.32. The molecule has 0 unspecified atom stereocenters. The van der Waals surface area contributed by atoms with Crippen LogP contribution in [0.3, 0.4) is 0 Å². The highest BCUT2D eigenvalue weighted by Gasteiger charge is 2.34. The van der Waals surface area contributed by atoms with Crippen LogP contribution in [-0.2, 0) is 9.59 Å². The highest BCUT2D eigenvalue weighted by atomic mass is 35.5. The van der Waals surface area contributed by atoms with Crippen molar-refractivity contribution in [2.24, 2.45) is 5.92 Å². The number of benzene rings is 1. The van der Waals surface area contributed by atoms with E-state index in [1.807, 2.05) is 12.1 Å². The first-order valence-corrected chi connectivity index (χ1v) is 7.47. The number of carbonyl (C=O) groups is 2. The van der Waals surface area contributed by atoms with Crippen LogP contribution in [0.15, 0.2) is 24.3 Å². The zero-order valence-electron chi connectivity index (χ0n) is 12.0.